The molecule has 0 aromatic heterocycles. The van der Waals surface area contributed by atoms with E-state index < -0.39 is 0 Å². The second-order valence-electron chi connectivity index (χ2n) is 7.55. The molecule has 7 nitrogen and oxygen atoms in total. The molecule has 0 heterocycles. The minimum absolute atomic E-state index is 0.0825. The predicted octanol–water partition coefficient (Wildman–Crippen LogP) is 4.50. The average Bonchev–Trinajstić information content (AvgIpc) is 2.80. The van der Waals surface area contributed by atoms with E-state index in [-0.39, 0.29) is 35.7 Å². The van der Waals surface area contributed by atoms with E-state index in [9.17, 15) is 14.4 Å². The number of carbonyl (C=O) groups excluding carboxylic acids is 3. The van der Waals surface area contributed by atoms with Gasteiger partial charge in [0.15, 0.2) is 5.11 Å². The fourth-order valence-corrected chi connectivity index (χ4v) is 3.28. The van der Waals surface area contributed by atoms with E-state index in [0.717, 1.165) is 18.4 Å². The van der Waals surface area contributed by atoms with Gasteiger partial charge in [-0.15, -0.1) is 0 Å². The zero-order chi connectivity index (χ0) is 24.1. The zero-order valence-corrected chi connectivity index (χ0v) is 19.9. The van der Waals surface area contributed by atoms with Gasteiger partial charge in [0.1, 0.15) is 0 Å². The monoisotopic (exact) mass is 469 g/mol. The molecule has 0 aliphatic heterocycles. The lowest BCUT2D eigenvalue weighted by atomic mass is 10.1. The highest BCUT2D eigenvalue weighted by atomic mass is 32.1. The van der Waals surface area contributed by atoms with Gasteiger partial charge in [-0.1, -0.05) is 43.3 Å². The minimum atomic E-state index is -0.307. The summed E-state index contributed by atoms with van der Waals surface area (Å²) in [5, 5.41) is 8.57. The molecule has 176 valence electrons. The molecule has 0 aliphatic rings. The van der Waals surface area contributed by atoms with Crippen molar-refractivity contribution in [1.29, 1.82) is 0 Å². The van der Waals surface area contributed by atoms with Gasteiger partial charge in [0.25, 0.3) is 0 Å². The number of rotatable bonds is 11. The molecular weight excluding hydrogens is 438 g/mol. The third-order valence-electron chi connectivity index (χ3n) is 4.93. The van der Waals surface area contributed by atoms with E-state index >= 15 is 0 Å². The van der Waals surface area contributed by atoms with Crippen LogP contribution in [0.15, 0.2) is 48.5 Å². The van der Waals surface area contributed by atoms with Crippen LogP contribution >= 0.6 is 12.2 Å². The molecule has 0 saturated carbocycles. The largest absolute Gasteiger partial charge is 0.466 e. The van der Waals surface area contributed by atoms with Crippen molar-refractivity contribution in [3.63, 3.8) is 0 Å². The Kier molecular flexibility index (Phi) is 11.0. The van der Waals surface area contributed by atoms with Crippen molar-refractivity contribution in [1.82, 2.24) is 5.32 Å². The fraction of sp³-hybridized carbons (Fsp3) is 0.360. The second kappa shape index (κ2) is 14.0. The molecule has 0 radical (unpaired) electrons. The van der Waals surface area contributed by atoms with Gasteiger partial charge in [0, 0.05) is 30.6 Å². The van der Waals surface area contributed by atoms with Gasteiger partial charge in [-0.2, -0.15) is 0 Å². The molecule has 2 amide bonds. The minimum Gasteiger partial charge on any atom is -0.466 e. The lowest BCUT2D eigenvalue weighted by molar-refractivity contribution is -0.143. The summed E-state index contributed by atoms with van der Waals surface area (Å²) in [4.78, 5) is 35.6. The maximum absolute atomic E-state index is 12.1. The average molecular weight is 470 g/mol. The molecule has 8 heteroatoms. The molecule has 2 aromatic rings. The van der Waals surface area contributed by atoms with Gasteiger partial charge in [0.05, 0.1) is 6.61 Å². The number of esters is 1. The van der Waals surface area contributed by atoms with Gasteiger partial charge in [-0.25, -0.2) is 0 Å². The molecule has 0 spiro atoms. The zero-order valence-electron chi connectivity index (χ0n) is 19.1. The number of hydrogen-bond acceptors (Lipinski definition) is 5. The molecule has 3 N–H and O–H groups in total. The SMILES string of the molecule is CCC(=O)Nc1cccc(NC(=S)NC(=O)CCCC(=O)OCCCc2ccccc2)c1C. The molecule has 2 rings (SSSR count). The second-order valence-corrected chi connectivity index (χ2v) is 7.95. The van der Waals surface area contributed by atoms with Crippen LogP contribution < -0.4 is 16.0 Å². The summed E-state index contributed by atoms with van der Waals surface area (Å²) in [6.07, 6.45) is 2.72. The van der Waals surface area contributed by atoms with Gasteiger partial charge in [-0.3, -0.25) is 14.4 Å². The number of thiocarbonyl (C=S) groups is 1. The molecule has 0 aliphatic carbocycles. The van der Waals surface area contributed by atoms with Crippen molar-refractivity contribution in [3.8, 4) is 0 Å². The Morgan fingerprint density at radius 2 is 1.58 bits per heavy atom. The first kappa shape index (κ1) is 26.0. The fourth-order valence-electron chi connectivity index (χ4n) is 3.06. The highest BCUT2D eigenvalue weighted by Crippen LogP contribution is 2.23. The van der Waals surface area contributed by atoms with Crippen LogP contribution in [0, 0.1) is 6.92 Å². The number of nitrogens with one attached hydrogen (secondary N) is 3. The van der Waals surface area contributed by atoms with Crippen LogP contribution in [0.25, 0.3) is 0 Å². The van der Waals surface area contributed by atoms with Crippen molar-refractivity contribution in [2.45, 2.75) is 52.4 Å². The Balaban J connectivity index is 1.65. The summed E-state index contributed by atoms with van der Waals surface area (Å²) in [5.41, 5.74) is 3.39. The van der Waals surface area contributed by atoms with Crippen molar-refractivity contribution in [3.05, 3.63) is 59.7 Å². The Labute approximate surface area is 200 Å². The van der Waals surface area contributed by atoms with E-state index in [1.165, 1.54) is 5.56 Å². The maximum Gasteiger partial charge on any atom is 0.305 e. The van der Waals surface area contributed by atoms with Crippen LogP contribution in [0.2, 0.25) is 0 Å². The Hall–Kier alpha value is -3.26. The van der Waals surface area contributed by atoms with Crippen LogP contribution in [0.4, 0.5) is 11.4 Å². The maximum atomic E-state index is 12.1. The first-order valence-corrected chi connectivity index (χ1v) is 11.5. The van der Waals surface area contributed by atoms with Crippen LogP contribution in [0.3, 0.4) is 0 Å². The predicted molar refractivity (Wildman–Crippen MR) is 134 cm³/mol. The van der Waals surface area contributed by atoms with Gasteiger partial charge < -0.3 is 20.7 Å². The molecule has 0 fully saturated rings. The van der Waals surface area contributed by atoms with Crippen LogP contribution in [0.1, 0.15) is 50.2 Å². The number of ether oxygens (including phenoxy) is 1. The highest BCUT2D eigenvalue weighted by molar-refractivity contribution is 7.80. The first-order valence-electron chi connectivity index (χ1n) is 11.1. The quantitative estimate of drug-likeness (QED) is 0.255. The molecule has 33 heavy (non-hydrogen) atoms. The van der Waals surface area contributed by atoms with E-state index in [1.807, 2.05) is 43.3 Å². The van der Waals surface area contributed by atoms with Crippen LogP contribution in [-0.4, -0.2) is 29.5 Å². The summed E-state index contributed by atoms with van der Waals surface area (Å²) in [5.74, 6) is -0.670. The summed E-state index contributed by atoms with van der Waals surface area (Å²) < 4.78 is 5.23. The highest BCUT2D eigenvalue weighted by Gasteiger charge is 2.11. The topological polar surface area (TPSA) is 96.5 Å². The lowest BCUT2D eigenvalue weighted by Gasteiger charge is -2.15. The van der Waals surface area contributed by atoms with E-state index in [4.69, 9.17) is 17.0 Å². The normalized spacial score (nSPS) is 10.2. The van der Waals surface area contributed by atoms with E-state index in [0.29, 0.717) is 30.8 Å². The van der Waals surface area contributed by atoms with Crippen molar-refractivity contribution in [2.75, 3.05) is 17.2 Å². The van der Waals surface area contributed by atoms with E-state index in [2.05, 4.69) is 16.0 Å². The molecule has 2 aromatic carbocycles. The van der Waals surface area contributed by atoms with Gasteiger partial charge in [-0.05, 0) is 61.7 Å². The number of hydrogen-bond donors (Lipinski definition) is 3. The summed E-state index contributed by atoms with van der Waals surface area (Å²) in [6.45, 7) is 4.00. The van der Waals surface area contributed by atoms with Crippen molar-refractivity contribution >= 4 is 46.5 Å². The number of amides is 2. The smallest absolute Gasteiger partial charge is 0.305 e. The number of aryl methyl sites for hydroxylation is 1. The lowest BCUT2D eigenvalue weighted by Crippen LogP contribution is -2.34. The van der Waals surface area contributed by atoms with Gasteiger partial charge in [0.2, 0.25) is 11.8 Å². The Morgan fingerprint density at radius 3 is 2.27 bits per heavy atom. The number of carbonyl (C=O) groups is 3. The molecule has 0 saturated heterocycles. The van der Waals surface area contributed by atoms with Crippen molar-refractivity contribution in [2.24, 2.45) is 0 Å². The molecule has 0 atom stereocenters. The summed E-state index contributed by atoms with van der Waals surface area (Å²) >= 11 is 5.22. The van der Waals surface area contributed by atoms with E-state index in [1.54, 1.807) is 19.1 Å². The van der Waals surface area contributed by atoms with Crippen LogP contribution in [-0.2, 0) is 25.5 Å². The first-order chi connectivity index (χ1) is 15.9. The molecule has 0 unspecified atom stereocenters. The summed E-state index contributed by atoms with van der Waals surface area (Å²) in [7, 11) is 0. The van der Waals surface area contributed by atoms with Crippen LogP contribution in [0.5, 0.6) is 0 Å². The molecular formula is C25H31N3O4S. The third kappa shape index (κ3) is 9.82. The Morgan fingerprint density at radius 1 is 0.879 bits per heavy atom. The standard InChI is InChI=1S/C25H31N3O4S/c1-3-22(29)26-20-13-7-14-21(18(20)2)27-25(33)28-23(30)15-8-16-24(31)32-17-9-12-19-10-5-4-6-11-19/h4-7,10-11,13-14H,3,8-9,12,15-17H2,1-2H3,(H,26,29)(H2,27,28,30,33). The summed E-state index contributed by atoms with van der Waals surface area (Å²) in [6, 6.07) is 15.4. The Bertz CT molecular complexity index is 963. The van der Waals surface area contributed by atoms with Crippen molar-refractivity contribution < 1.29 is 19.1 Å². The molecule has 0 bridgehead atoms. The number of benzene rings is 2. The van der Waals surface area contributed by atoms with Gasteiger partial charge >= 0.3 is 5.97 Å². The third-order valence-corrected chi connectivity index (χ3v) is 5.13. The number of anilines is 2.